The second kappa shape index (κ2) is 11.6. The number of benzene rings is 1. The van der Waals surface area contributed by atoms with E-state index in [0.717, 1.165) is 17.0 Å². The topological polar surface area (TPSA) is 144 Å². The number of amides is 1. The monoisotopic (exact) mass is 560 g/mol. The number of esters is 1. The Morgan fingerprint density at radius 3 is 2.57 bits per heavy atom. The Labute approximate surface area is 218 Å². The van der Waals surface area contributed by atoms with E-state index < -0.39 is 73.2 Å². The van der Waals surface area contributed by atoms with E-state index in [0.29, 0.717) is 0 Å². The van der Waals surface area contributed by atoms with Gasteiger partial charge in [-0.2, -0.15) is 0 Å². The number of hydrogen-bond acceptors (Lipinski definition) is 10. The van der Waals surface area contributed by atoms with Crippen LogP contribution in [0.2, 0.25) is 0 Å². The van der Waals surface area contributed by atoms with Gasteiger partial charge >= 0.3 is 12.6 Å². The predicted molar refractivity (Wildman–Crippen MR) is 132 cm³/mol. The lowest BCUT2D eigenvalue weighted by Crippen LogP contribution is -2.54. The van der Waals surface area contributed by atoms with Crippen molar-refractivity contribution >= 4 is 36.1 Å². The minimum atomic E-state index is -3.55. The van der Waals surface area contributed by atoms with Crippen molar-refractivity contribution in [2.75, 3.05) is 6.61 Å². The number of carbonyl (C=O) groups excluding carboxylic acids is 3. The first-order chi connectivity index (χ1) is 17.2. The zero-order valence-corrected chi connectivity index (χ0v) is 22.4. The minimum Gasteiger partial charge on any atom is -0.462 e. The summed E-state index contributed by atoms with van der Waals surface area (Å²) in [5, 5.41) is 24.5. The van der Waals surface area contributed by atoms with Crippen molar-refractivity contribution in [3.05, 3.63) is 42.4 Å². The molecule has 1 fully saturated rings. The fraction of sp³-hybridized carbons (Fsp3) is 0.522. The van der Waals surface area contributed by atoms with Crippen LogP contribution in [-0.2, 0) is 40.2 Å². The Kier molecular flexibility index (Phi) is 9.23. The first kappa shape index (κ1) is 29.3. The summed E-state index contributed by atoms with van der Waals surface area (Å²) in [6.07, 6.45) is -2.41. The van der Waals surface area contributed by atoms with Gasteiger partial charge in [0, 0.05) is 6.20 Å². The van der Waals surface area contributed by atoms with Gasteiger partial charge in [0.1, 0.15) is 35.4 Å². The van der Waals surface area contributed by atoms with E-state index in [1.165, 1.54) is 38.3 Å². The summed E-state index contributed by atoms with van der Waals surface area (Å²) in [4.78, 5) is 37.2. The average molecular weight is 561 g/mol. The van der Waals surface area contributed by atoms with Crippen molar-refractivity contribution in [3.8, 4) is 5.75 Å². The number of hydrogen-bond donors (Lipinski definition) is 3. The van der Waals surface area contributed by atoms with Crippen molar-refractivity contribution in [2.45, 2.75) is 70.3 Å². The molecule has 3 N–H and O–H groups in total. The second-order valence-corrected chi connectivity index (χ2v) is 12.3. The highest BCUT2D eigenvalue weighted by molar-refractivity contribution is 8.09. The summed E-state index contributed by atoms with van der Waals surface area (Å²) in [5.41, 5.74) is -1.92. The lowest BCUT2D eigenvalue weighted by atomic mass is 9.95. The Morgan fingerprint density at radius 2 is 1.97 bits per heavy atom. The third-order valence-electron chi connectivity index (χ3n) is 5.55. The van der Waals surface area contributed by atoms with Crippen molar-refractivity contribution in [2.24, 2.45) is 0 Å². The van der Waals surface area contributed by atoms with Gasteiger partial charge in [0.15, 0.2) is 12.0 Å². The zero-order chi connectivity index (χ0) is 27.5. The molecule has 11 nitrogen and oxygen atoms in total. The molecule has 0 spiro atoms. The second-order valence-electron chi connectivity index (χ2n) is 9.13. The summed E-state index contributed by atoms with van der Waals surface area (Å²) in [6.45, 7) is 2.20. The summed E-state index contributed by atoms with van der Waals surface area (Å²) in [5.74, 6) is -1.94. The molecule has 3 rings (SSSR count). The van der Waals surface area contributed by atoms with Gasteiger partial charge in [0.25, 0.3) is 0 Å². The summed E-state index contributed by atoms with van der Waals surface area (Å²) in [6, 6.07) is 4.02. The number of ketones is 1. The van der Waals surface area contributed by atoms with Crippen LogP contribution in [0.4, 0.5) is 4.39 Å². The average Bonchev–Trinajstić information content (AvgIpc) is 3.02. The Hall–Kier alpha value is -2.25. The molecule has 2 heterocycles. The van der Waals surface area contributed by atoms with Gasteiger partial charge in [-0.25, -0.2) is 9.48 Å². The fourth-order valence-corrected chi connectivity index (χ4v) is 6.07. The van der Waals surface area contributed by atoms with E-state index >= 15 is 0 Å². The third-order valence-corrected chi connectivity index (χ3v) is 8.05. The molecule has 6 atom stereocenters. The number of allylic oxidation sites excluding steroid dienone is 1. The number of aliphatic hydroxyl groups excluding tert-OH is 1. The van der Waals surface area contributed by atoms with Crippen molar-refractivity contribution in [1.82, 2.24) is 9.99 Å². The summed E-state index contributed by atoms with van der Waals surface area (Å²) >= 11 is 5.58. The molecule has 204 valence electrons. The SMILES string of the molecule is CC(C)OC(=O)[C@H](C)NP(=S)(OC[C@H]1O[C@@H](N2C=CC(=O)CC2=O)[C@](C)(O)[C@@H]1O)Oc1ccc(F)cc1. The molecule has 0 saturated carbocycles. The number of nitrogens with zero attached hydrogens (tertiary/aromatic N) is 1. The van der Waals surface area contributed by atoms with Crippen LogP contribution in [0.5, 0.6) is 5.75 Å². The van der Waals surface area contributed by atoms with E-state index in [-0.39, 0.29) is 11.9 Å². The highest BCUT2D eigenvalue weighted by Crippen LogP contribution is 2.46. The van der Waals surface area contributed by atoms with E-state index in [2.05, 4.69) is 5.09 Å². The molecule has 1 amide bonds. The van der Waals surface area contributed by atoms with Crippen LogP contribution in [-0.4, -0.2) is 75.6 Å². The first-order valence-electron chi connectivity index (χ1n) is 11.5. The van der Waals surface area contributed by atoms with Gasteiger partial charge in [0.05, 0.1) is 19.1 Å². The number of carbonyl (C=O) groups is 3. The van der Waals surface area contributed by atoms with Crippen LogP contribution >= 0.6 is 6.64 Å². The third kappa shape index (κ3) is 7.20. The van der Waals surface area contributed by atoms with E-state index in [1.807, 2.05) is 0 Å². The maximum atomic E-state index is 13.4. The number of ether oxygens (including phenoxy) is 2. The molecule has 1 saturated heterocycles. The Balaban J connectivity index is 1.77. The highest BCUT2D eigenvalue weighted by atomic mass is 32.5. The van der Waals surface area contributed by atoms with Crippen molar-refractivity contribution in [3.63, 3.8) is 0 Å². The molecule has 0 aliphatic carbocycles. The molecule has 2 aliphatic heterocycles. The van der Waals surface area contributed by atoms with Crippen LogP contribution in [0.3, 0.4) is 0 Å². The smallest absolute Gasteiger partial charge is 0.323 e. The molecule has 0 aromatic heterocycles. The van der Waals surface area contributed by atoms with Crippen LogP contribution < -0.4 is 9.61 Å². The Morgan fingerprint density at radius 1 is 1.32 bits per heavy atom. The lowest BCUT2D eigenvalue weighted by Gasteiger charge is -2.34. The lowest BCUT2D eigenvalue weighted by molar-refractivity contribution is -0.158. The van der Waals surface area contributed by atoms with Crippen LogP contribution in [0, 0.1) is 5.82 Å². The number of halogens is 1. The molecule has 0 bridgehead atoms. The van der Waals surface area contributed by atoms with Crippen molar-refractivity contribution in [1.29, 1.82) is 0 Å². The van der Waals surface area contributed by atoms with Crippen molar-refractivity contribution < 1.29 is 47.5 Å². The zero-order valence-electron chi connectivity index (χ0n) is 20.7. The molecule has 14 heteroatoms. The maximum Gasteiger partial charge on any atom is 0.323 e. The molecule has 37 heavy (non-hydrogen) atoms. The molecular formula is C23H30FN2O9PS. The molecule has 2 aliphatic rings. The first-order valence-corrected chi connectivity index (χ1v) is 14.1. The number of rotatable bonds is 10. The molecule has 1 unspecified atom stereocenters. The standard InChI is InChI=1S/C23H30FN2O9PS/c1-13(2)33-21(30)14(3)25-36(37,35-17-7-5-15(24)6-8-17)32-12-18-20(29)23(4,31)22(34-18)26-10-9-16(27)11-19(26)28/h5-10,13-14,18,20,22,29,31H,11-12H2,1-4H3,(H,25,37)/t14-,18+,20+,22+,23+,36?/m0/s1. The van der Waals surface area contributed by atoms with Gasteiger partial charge in [-0.05, 0) is 69.8 Å². The molecular weight excluding hydrogens is 530 g/mol. The van der Waals surface area contributed by atoms with Gasteiger partial charge in [-0.15, -0.1) is 0 Å². The number of nitrogens with one attached hydrogen (secondary N) is 1. The molecule has 0 radical (unpaired) electrons. The van der Waals surface area contributed by atoms with Gasteiger partial charge in [-0.1, -0.05) is 0 Å². The largest absolute Gasteiger partial charge is 0.462 e. The normalized spacial score (nSPS) is 28.3. The fourth-order valence-electron chi connectivity index (χ4n) is 3.65. The molecule has 1 aromatic carbocycles. The van der Waals surface area contributed by atoms with E-state index in [4.69, 9.17) is 30.3 Å². The predicted octanol–water partition coefficient (Wildman–Crippen LogP) is 1.53. The number of aliphatic hydroxyl groups is 2. The van der Waals surface area contributed by atoms with Crippen LogP contribution in [0.1, 0.15) is 34.1 Å². The summed E-state index contributed by atoms with van der Waals surface area (Å²) in [7, 11) is 0. The van der Waals surface area contributed by atoms with Crippen LogP contribution in [0.25, 0.3) is 0 Å². The highest BCUT2D eigenvalue weighted by Gasteiger charge is 2.55. The van der Waals surface area contributed by atoms with Gasteiger partial charge < -0.3 is 28.7 Å². The van der Waals surface area contributed by atoms with Crippen LogP contribution in [0.15, 0.2) is 36.5 Å². The minimum absolute atomic E-state index is 0.160. The maximum absolute atomic E-state index is 13.4. The quantitative estimate of drug-likeness (QED) is 0.218. The van der Waals surface area contributed by atoms with E-state index in [9.17, 15) is 29.0 Å². The van der Waals surface area contributed by atoms with Gasteiger partial charge in [0.2, 0.25) is 5.91 Å². The molecule has 1 aromatic rings. The van der Waals surface area contributed by atoms with Gasteiger partial charge in [-0.3, -0.25) is 19.3 Å². The van der Waals surface area contributed by atoms with E-state index in [1.54, 1.807) is 13.8 Å². The Bertz CT molecular complexity index is 1100. The summed E-state index contributed by atoms with van der Waals surface area (Å²) < 4.78 is 36.0.